The van der Waals surface area contributed by atoms with Crippen molar-refractivity contribution in [3.8, 4) is 17.3 Å². The molecule has 6 nitrogen and oxygen atoms in total. The van der Waals surface area contributed by atoms with Crippen LogP contribution >= 0.6 is 0 Å². The average Bonchev–Trinajstić information content (AvgIpc) is 3.12. The van der Waals surface area contributed by atoms with Crippen molar-refractivity contribution in [1.29, 1.82) is 5.26 Å². The maximum atomic E-state index is 12.9. The second-order valence-electron chi connectivity index (χ2n) is 6.31. The third-order valence-electron chi connectivity index (χ3n) is 4.47. The molecular weight excluding hydrogens is 326 g/mol. The molecule has 0 unspecified atom stereocenters. The standard InChI is InChI=1S/C20H17N5O/c1-14-6-7-17(12-22-14)19(26)25-9-3-8-24-13-18(23-20(24)25)16-5-2-4-15(10-16)11-21/h2,4-7,10,12-13H,3,8-9H2,1H3. The number of fused-ring (bicyclic) bond motifs is 1. The minimum absolute atomic E-state index is 0.0959. The van der Waals surface area contributed by atoms with E-state index in [4.69, 9.17) is 5.26 Å². The highest BCUT2D eigenvalue weighted by molar-refractivity contribution is 6.05. The van der Waals surface area contributed by atoms with Gasteiger partial charge in [-0.15, -0.1) is 0 Å². The molecule has 128 valence electrons. The molecule has 0 fully saturated rings. The van der Waals surface area contributed by atoms with Crippen molar-refractivity contribution in [1.82, 2.24) is 14.5 Å². The second kappa shape index (κ2) is 6.45. The van der Waals surface area contributed by atoms with Gasteiger partial charge in [-0.05, 0) is 37.6 Å². The minimum Gasteiger partial charge on any atom is -0.316 e. The van der Waals surface area contributed by atoms with Crippen LogP contribution in [-0.4, -0.2) is 27.0 Å². The van der Waals surface area contributed by atoms with Crippen molar-refractivity contribution in [2.75, 3.05) is 11.4 Å². The van der Waals surface area contributed by atoms with E-state index in [-0.39, 0.29) is 5.91 Å². The molecule has 1 aliphatic heterocycles. The van der Waals surface area contributed by atoms with E-state index >= 15 is 0 Å². The number of imidazole rings is 1. The first-order chi connectivity index (χ1) is 12.7. The van der Waals surface area contributed by atoms with E-state index in [1.807, 2.05) is 42.0 Å². The number of aryl methyl sites for hydroxylation is 2. The Labute approximate surface area is 151 Å². The minimum atomic E-state index is -0.0959. The van der Waals surface area contributed by atoms with Gasteiger partial charge in [0.15, 0.2) is 0 Å². The van der Waals surface area contributed by atoms with E-state index in [0.717, 1.165) is 29.9 Å². The number of hydrogen-bond acceptors (Lipinski definition) is 4. The third-order valence-corrected chi connectivity index (χ3v) is 4.47. The molecule has 0 radical (unpaired) electrons. The van der Waals surface area contributed by atoms with Gasteiger partial charge in [0.1, 0.15) is 0 Å². The summed E-state index contributed by atoms with van der Waals surface area (Å²) in [6.07, 6.45) is 4.42. The summed E-state index contributed by atoms with van der Waals surface area (Å²) in [4.78, 5) is 23.5. The van der Waals surface area contributed by atoms with Crippen molar-refractivity contribution >= 4 is 11.9 Å². The quantitative estimate of drug-likeness (QED) is 0.716. The lowest BCUT2D eigenvalue weighted by molar-refractivity contribution is 0.0980. The SMILES string of the molecule is Cc1ccc(C(=O)N2CCCn3cc(-c4cccc(C#N)c4)nc32)cn1. The number of rotatable bonds is 2. The van der Waals surface area contributed by atoms with Crippen molar-refractivity contribution in [2.24, 2.45) is 0 Å². The summed E-state index contributed by atoms with van der Waals surface area (Å²) in [7, 11) is 0. The molecule has 26 heavy (non-hydrogen) atoms. The van der Waals surface area contributed by atoms with Gasteiger partial charge in [0, 0.05) is 36.7 Å². The van der Waals surface area contributed by atoms with Crippen LogP contribution in [0.4, 0.5) is 5.95 Å². The molecule has 0 saturated carbocycles. The van der Waals surface area contributed by atoms with Gasteiger partial charge in [-0.25, -0.2) is 4.98 Å². The normalized spacial score (nSPS) is 13.2. The molecule has 1 aliphatic rings. The Kier molecular flexibility index (Phi) is 3.98. The Morgan fingerprint density at radius 2 is 2.12 bits per heavy atom. The van der Waals surface area contributed by atoms with Crippen LogP contribution in [-0.2, 0) is 6.54 Å². The number of benzene rings is 1. The molecular formula is C20H17N5O. The maximum absolute atomic E-state index is 12.9. The number of aromatic nitrogens is 3. The topological polar surface area (TPSA) is 74.8 Å². The zero-order valence-corrected chi connectivity index (χ0v) is 14.4. The summed E-state index contributed by atoms with van der Waals surface area (Å²) in [5.74, 6) is 0.542. The summed E-state index contributed by atoms with van der Waals surface area (Å²) >= 11 is 0. The summed E-state index contributed by atoms with van der Waals surface area (Å²) in [5.41, 5.74) is 3.66. The molecule has 6 heteroatoms. The molecule has 0 aliphatic carbocycles. The number of nitrogens with zero attached hydrogens (tertiary/aromatic N) is 5. The predicted octanol–water partition coefficient (Wildman–Crippen LogP) is 3.18. The van der Waals surface area contributed by atoms with Gasteiger partial charge in [-0.1, -0.05) is 12.1 Å². The number of carbonyl (C=O) groups excluding carboxylic acids is 1. The number of amides is 1. The van der Waals surface area contributed by atoms with Crippen LogP contribution in [0.3, 0.4) is 0 Å². The monoisotopic (exact) mass is 343 g/mol. The number of anilines is 1. The highest BCUT2D eigenvalue weighted by Gasteiger charge is 2.26. The Morgan fingerprint density at radius 3 is 2.88 bits per heavy atom. The van der Waals surface area contributed by atoms with Gasteiger partial charge in [-0.3, -0.25) is 14.7 Å². The lowest BCUT2D eigenvalue weighted by Gasteiger charge is -2.27. The van der Waals surface area contributed by atoms with Gasteiger partial charge in [-0.2, -0.15) is 5.26 Å². The fourth-order valence-electron chi connectivity index (χ4n) is 3.11. The van der Waals surface area contributed by atoms with E-state index in [1.165, 1.54) is 0 Å². The fourth-order valence-corrected chi connectivity index (χ4v) is 3.11. The Morgan fingerprint density at radius 1 is 1.23 bits per heavy atom. The van der Waals surface area contributed by atoms with E-state index in [1.54, 1.807) is 23.2 Å². The first-order valence-corrected chi connectivity index (χ1v) is 8.48. The van der Waals surface area contributed by atoms with Crippen LogP contribution in [0.5, 0.6) is 0 Å². The van der Waals surface area contributed by atoms with Crippen molar-refractivity contribution in [3.05, 3.63) is 65.6 Å². The molecule has 2 aromatic heterocycles. The molecule has 0 bridgehead atoms. The average molecular weight is 343 g/mol. The van der Waals surface area contributed by atoms with Gasteiger partial charge >= 0.3 is 0 Å². The van der Waals surface area contributed by atoms with Gasteiger partial charge in [0.2, 0.25) is 5.95 Å². The van der Waals surface area contributed by atoms with E-state index in [0.29, 0.717) is 23.6 Å². The molecule has 0 spiro atoms. The maximum Gasteiger partial charge on any atom is 0.262 e. The van der Waals surface area contributed by atoms with E-state index < -0.39 is 0 Å². The summed E-state index contributed by atoms with van der Waals surface area (Å²) in [5, 5.41) is 9.10. The Balaban J connectivity index is 1.70. The molecule has 0 N–H and O–H groups in total. The zero-order valence-electron chi connectivity index (χ0n) is 14.4. The van der Waals surface area contributed by atoms with Gasteiger partial charge in [0.25, 0.3) is 5.91 Å². The summed E-state index contributed by atoms with van der Waals surface area (Å²) in [6, 6.07) is 13.1. The second-order valence-corrected chi connectivity index (χ2v) is 6.31. The molecule has 1 amide bonds. The number of hydrogen-bond donors (Lipinski definition) is 0. The Hall–Kier alpha value is -3.46. The molecule has 3 aromatic rings. The van der Waals surface area contributed by atoms with Crippen molar-refractivity contribution in [2.45, 2.75) is 19.9 Å². The number of carbonyl (C=O) groups is 1. The lowest BCUT2D eigenvalue weighted by atomic mass is 10.1. The third kappa shape index (κ3) is 2.84. The van der Waals surface area contributed by atoms with Crippen molar-refractivity contribution < 1.29 is 4.79 Å². The van der Waals surface area contributed by atoms with Crippen LogP contribution in [0.25, 0.3) is 11.3 Å². The lowest BCUT2D eigenvalue weighted by Crippen LogP contribution is -2.37. The van der Waals surface area contributed by atoms with Gasteiger partial charge < -0.3 is 4.57 Å². The molecule has 4 rings (SSSR count). The number of nitriles is 1. The Bertz CT molecular complexity index is 1010. The summed E-state index contributed by atoms with van der Waals surface area (Å²) < 4.78 is 2.00. The van der Waals surface area contributed by atoms with E-state index in [9.17, 15) is 4.79 Å². The predicted molar refractivity (Wildman–Crippen MR) is 97.6 cm³/mol. The highest BCUT2D eigenvalue weighted by Crippen LogP contribution is 2.27. The highest BCUT2D eigenvalue weighted by atomic mass is 16.2. The first-order valence-electron chi connectivity index (χ1n) is 8.48. The van der Waals surface area contributed by atoms with Crippen molar-refractivity contribution in [3.63, 3.8) is 0 Å². The molecule has 0 saturated heterocycles. The molecule has 0 atom stereocenters. The van der Waals surface area contributed by atoms with Crippen LogP contribution in [0.2, 0.25) is 0 Å². The van der Waals surface area contributed by atoms with Crippen LogP contribution in [0.1, 0.15) is 28.0 Å². The van der Waals surface area contributed by atoms with Crippen LogP contribution in [0.15, 0.2) is 48.8 Å². The van der Waals surface area contributed by atoms with Crippen LogP contribution < -0.4 is 4.90 Å². The molecule has 1 aromatic carbocycles. The molecule has 3 heterocycles. The first kappa shape index (κ1) is 16.0. The van der Waals surface area contributed by atoms with Gasteiger partial charge in [0.05, 0.1) is 22.9 Å². The number of pyridine rings is 1. The zero-order chi connectivity index (χ0) is 18.1. The van der Waals surface area contributed by atoms with Crippen LogP contribution in [0, 0.1) is 18.3 Å². The largest absolute Gasteiger partial charge is 0.316 e. The smallest absolute Gasteiger partial charge is 0.262 e. The fraction of sp³-hybridized carbons (Fsp3) is 0.200. The van der Waals surface area contributed by atoms with E-state index in [2.05, 4.69) is 16.0 Å². The summed E-state index contributed by atoms with van der Waals surface area (Å²) in [6.45, 7) is 3.33.